The van der Waals surface area contributed by atoms with E-state index in [9.17, 15) is 13.2 Å². The number of nitrogens with one attached hydrogen (secondary N) is 1. The van der Waals surface area contributed by atoms with Crippen LogP contribution in [-0.4, -0.2) is 53.1 Å². The number of hydrogen-bond acceptors (Lipinski definition) is 8. The molecule has 0 amide bonds. The third-order valence-electron chi connectivity index (χ3n) is 5.52. The van der Waals surface area contributed by atoms with Crippen molar-refractivity contribution in [2.24, 2.45) is 5.92 Å². The van der Waals surface area contributed by atoms with Crippen molar-refractivity contribution < 1.29 is 22.6 Å². The normalized spacial score (nSPS) is 14.8. The van der Waals surface area contributed by atoms with Gasteiger partial charge in [0.2, 0.25) is 0 Å². The lowest BCUT2D eigenvalue weighted by atomic mass is 9.94. The van der Waals surface area contributed by atoms with Crippen LogP contribution in [0.15, 0.2) is 48.9 Å². The molecule has 0 spiro atoms. The topological polar surface area (TPSA) is 85.3 Å². The molecule has 3 aromatic rings. The fraction of sp³-hybridized carbons (Fsp3) is 0.391. The van der Waals surface area contributed by atoms with Crippen LogP contribution in [0.25, 0.3) is 11.4 Å². The Balaban J connectivity index is 1.58. The molecule has 8 nitrogen and oxygen atoms in total. The maximum absolute atomic E-state index is 12.6. The molecule has 0 bridgehead atoms. The van der Waals surface area contributed by atoms with E-state index in [1.165, 1.54) is 12.3 Å². The molecule has 4 rings (SSSR count). The number of anilines is 3. The fourth-order valence-electron chi connectivity index (χ4n) is 3.83. The minimum Gasteiger partial charge on any atom is -0.406 e. The zero-order valence-electron chi connectivity index (χ0n) is 18.6. The molecule has 0 unspecified atom stereocenters. The Morgan fingerprint density at radius 1 is 1.09 bits per heavy atom. The van der Waals surface area contributed by atoms with Crippen LogP contribution in [0.1, 0.15) is 19.3 Å². The molecule has 1 fully saturated rings. The van der Waals surface area contributed by atoms with Gasteiger partial charge in [-0.1, -0.05) is 0 Å². The van der Waals surface area contributed by atoms with Gasteiger partial charge in [0.15, 0.2) is 5.82 Å². The molecule has 180 valence electrons. The van der Waals surface area contributed by atoms with Crippen LogP contribution in [0, 0.1) is 5.92 Å². The van der Waals surface area contributed by atoms with Gasteiger partial charge in [0.25, 0.3) is 0 Å². The Bertz CT molecular complexity index is 1080. The molecule has 4 heterocycles. The summed E-state index contributed by atoms with van der Waals surface area (Å²) in [6, 6.07) is 7.72. The average molecular weight is 474 g/mol. The highest BCUT2D eigenvalue weighted by molar-refractivity contribution is 5.64. The molecule has 0 aromatic carbocycles. The summed E-state index contributed by atoms with van der Waals surface area (Å²) in [5, 5.41) is 2.98. The van der Waals surface area contributed by atoms with E-state index < -0.39 is 6.36 Å². The summed E-state index contributed by atoms with van der Waals surface area (Å²) in [7, 11) is 1.71. The number of piperidine rings is 1. The number of rotatable bonds is 8. The molecule has 1 saturated heterocycles. The second-order valence-electron chi connectivity index (χ2n) is 7.94. The van der Waals surface area contributed by atoms with Gasteiger partial charge in [-0.3, -0.25) is 4.98 Å². The summed E-state index contributed by atoms with van der Waals surface area (Å²) in [6.45, 7) is 2.43. The Morgan fingerprint density at radius 2 is 1.91 bits per heavy atom. The molecule has 34 heavy (non-hydrogen) atoms. The van der Waals surface area contributed by atoms with Gasteiger partial charge < -0.3 is 19.7 Å². The first-order chi connectivity index (χ1) is 16.4. The fourth-order valence-corrected chi connectivity index (χ4v) is 3.83. The van der Waals surface area contributed by atoms with Crippen LogP contribution in [0.4, 0.5) is 30.6 Å². The SMILES string of the molecule is COCCC1CCN(c2cc(Nc3cc(OC(F)(F)F)ccn3)nc(-c3cccnc3)n2)CC1. The summed E-state index contributed by atoms with van der Waals surface area (Å²) in [5.74, 6) is 1.99. The van der Waals surface area contributed by atoms with E-state index in [4.69, 9.17) is 9.72 Å². The smallest absolute Gasteiger partial charge is 0.406 e. The molecule has 1 aliphatic rings. The Labute approximate surface area is 195 Å². The van der Waals surface area contributed by atoms with Crippen molar-refractivity contribution in [2.45, 2.75) is 25.6 Å². The quantitative estimate of drug-likeness (QED) is 0.497. The maximum Gasteiger partial charge on any atom is 0.573 e. The van der Waals surface area contributed by atoms with Gasteiger partial charge in [0.05, 0.1) is 0 Å². The zero-order valence-corrected chi connectivity index (χ0v) is 18.6. The van der Waals surface area contributed by atoms with E-state index in [-0.39, 0.29) is 11.6 Å². The van der Waals surface area contributed by atoms with Crippen molar-refractivity contribution in [3.63, 3.8) is 0 Å². The van der Waals surface area contributed by atoms with Gasteiger partial charge >= 0.3 is 6.36 Å². The summed E-state index contributed by atoms with van der Waals surface area (Å²) in [4.78, 5) is 19.7. The largest absolute Gasteiger partial charge is 0.573 e. The second-order valence-corrected chi connectivity index (χ2v) is 7.94. The number of pyridine rings is 2. The third-order valence-corrected chi connectivity index (χ3v) is 5.52. The van der Waals surface area contributed by atoms with Gasteiger partial charge in [-0.25, -0.2) is 15.0 Å². The highest BCUT2D eigenvalue weighted by Crippen LogP contribution is 2.29. The first-order valence-electron chi connectivity index (χ1n) is 10.9. The highest BCUT2D eigenvalue weighted by atomic mass is 19.4. The van der Waals surface area contributed by atoms with Crippen molar-refractivity contribution in [1.82, 2.24) is 19.9 Å². The van der Waals surface area contributed by atoms with Crippen LogP contribution in [-0.2, 0) is 4.74 Å². The molecule has 0 saturated carbocycles. The monoisotopic (exact) mass is 474 g/mol. The standard InChI is InChI=1S/C23H25F3N6O2/c1-33-12-7-16-5-10-32(11-6-16)21-14-20(30-22(31-21)17-3-2-8-27-15-17)29-19-13-18(4-9-28-19)34-23(24,25)26/h2-4,8-9,13-16H,5-7,10-12H2,1H3,(H,28,29,30,31). The number of halogens is 3. The lowest BCUT2D eigenvalue weighted by molar-refractivity contribution is -0.274. The third kappa shape index (κ3) is 6.53. The molecule has 1 aliphatic heterocycles. The van der Waals surface area contributed by atoms with E-state index in [0.717, 1.165) is 56.4 Å². The molecule has 0 radical (unpaired) electrons. The Kier molecular flexibility index (Phi) is 7.41. The first kappa shape index (κ1) is 23.7. The molecule has 3 aromatic heterocycles. The molecule has 0 aliphatic carbocycles. The van der Waals surface area contributed by atoms with Crippen LogP contribution < -0.4 is 15.0 Å². The molecular weight excluding hydrogens is 449 g/mol. The van der Waals surface area contributed by atoms with Gasteiger partial charge in [0, 0.05) is 63.1 Å². The zero-order chi connectivity index (χ0) is 24.0. The van der Waals surface area contributed by atoms with E-state index in [2.05, 4.69) is 29.9 Å². The summed E-state index contributed by atoms with van der Waals surface area (Å²) < 4.78 is 47.0. The van der Waals surface area contributed by atoms with E-state index in [1.54, 1.807) is 31.6 Å². The highest BCUT2D eigenvalue weighted by Gasteiger charge is 2.31. The maximum atomic E-state index is 12.6. The van der Waals surface area contributed by atoms with Gasteiger partial charge in [-0.2, -0.15) is 0 Å². The van der Waals surface area contributed by atoms with Crippen LogP contribution in [0.5, 0.6) is 5.75 Å². The number of hydrogen-bond donors (Lipinski definition) is 1. The Morgan fingerprint density at radius 3 is 2.62 bits per heavy atom. The summed E-state index contributed by atoms with van der Waals surface area (Å²) >= 11 is 0. The lowest BCUT2D eigenvalue weighted by Gasteiger charge is -2.33. The second kappa shape index (κ2) is 10.6. The number of methoxy groups -OCH3 is 1. The lowest BCUT2D eigenvalue weighted by Crippen LogP contribution is -2.34. The van der Waals surface area contributed by atoms with Crippen LogP contribution in [0.3, 0.4) is 0 Å². The van der Waals surface area contributed by atoms with Gasteiger partial charge in [0.1, 0.15) is 23.2 Å². The Hall–Kier alpha value is -3.47. The van der Waals surface area contributed by atoms with E-state index in [0.29, 0.717) is 17.6 Å². The van der Waals surface area contributed by atoms with Crippen molar-refractivity contribution in [2.75, 3.05) is 37.0 Å². The van der Waals surface area contributed by atoms with E-state index in [1.807, 2.05) is 6.07 Å². The van der Waals surface area contributed by atoms with Crippen LogP contribution >= 0.6 is 0 Å². The minimum absolute atomic E-state index is 0.168. The summed E-state index contributed by atoms with van der Waals surface area (Å²) in [5.41, 5.74) is 0.726. The minimum atomic E-state index is -4.79. The first-order valence-corrected chi connectivity index (χ1v) is 10.9. The van der Waals surface area contributed by atoms with Crippen molar-refractivity contribution in [3.8, 4) is 17.1 Å². The van der Waals surface area contributed by atoms with Crippen molar-refractivity contribution in [3.05, 3.63) is 48.9 Å². The number of ether oxygens (including phenoxy) is 2. The molecule has 0 atom stereocenters. The predicted octanol–water partition coefficient (Wildman–Crippen LogP) is 4.83. The van der Waals surface area contributed by atoms with Crippen molar-refractivity contribution >= 4 is 17.5 Å². The molecule has 1 N–H and O–H groups in total. The van der Waals surface area contributed by atoms with Crippen molar-refractivity contribution in [1.29, 1.82) is 0 Å². The predicted molar refractivity (Wildman–Crippen MR) is 121 cm³/mol. The molecule has 11 heteroatoms. The van der Waals surface area contributed by atoms with E-state index >= 15 is 0 Å². The van der Waals surface area contributed by atoms with Gasteiger partial charge in [-0.05, 0) is 43.4 Å². The average Bonchev–Trinajstić information content (AvgIpc) is 2.82. The summed E-state index contributed by atoms with van der Waals surface area (Å²) in [6.07, 6.45) is 2.85. The molecular formula is C23H25F3N6O2. The van der Waals surface area contributed by atoms with Gasteiger partial charge in [-0.15, -0.1) is 13.2 Å². The number of alkyl halides is 3. The number of nitrogens with zero attached hydrogens (tertiary/aromatic N) is 5. The van der Waals surface area contributed by atoms with Crippen LogP contribution in [0.2, 0.25) is 0 Å². The number of aromatic nitrogens is 4.